The van der Waals surface area contributed by atoms with Crippen LogP contribution in [0.25, 0.3) is 0 Å². The minimum Gasteiger partial charge on any atom is -0.497 e. The maximum Gasteiger partial charge on any atom is 0.298 e. The number of hydrogen-bond donors (Lipinski definition) is 2. The van der Waals surface area contributed by atoms with Crippen molar-refractivity contribution in [2.45, 2.75) is 6.42 Å². The summed E-state index contributed by atoms with van der Waals surface area (Å²) in [6.45, 7) is 0.670. The van der Waals surface area contributed by atoms with Crippen LogP contribution in [0.3, 0.4) is 0 Å². The summed E-state index contributed by atoms with van der Waals surface area (Å²) in [4.78, 5) is 0. The Kier molecular flexibility index (Phi) is 4.73. The van der Waals surface area contributed by atoms with Crippen LogP contribution in [-0.2, 0) is 10.2 Å². The highest BCUT2D eigenvalue weighted by Gasteiger charge is 2.17. The molecule has 0 saturated carbocycles. The Bertz CT molecular complexity index is 444. The van der Waals surface area contributed by atoms with Crippen LogP contribution in [0.4, 0.5) is 5.69 Å². The Hall–Kier alpha value is -1.31. The number of rotatable bonds is 6. The predicted molar refractivity (Wildman–Crippen MR) is 67.1 cm³/mol. The molecule has 0 unspecified atom stereocenters. The Labute approximate surface area is 101 Å². The summed E-state index contributed by atoms with van der Waals surface area (Å²) in [6.07, 6.45) is 0.544. The largest absolute Gasteiger partial charge is 0.497 e. The lowest BCUT2D eigenvalue weighted by Gasteiger charge is -2.21. The van der Waals surface area contributed by atoms with Gasteiger partial charge in [0.15, 0.2) is 0 Å². The highest BCUT2D eigenvalue weighted by Crippen LogP contribution is 2.20. The zero-order chi connectivity index (χ0) is 12.9. The van der Waals surface area contributed by atoms with Gasteiger partial charge in [0.05, 0.1) is 12.8 Å². The number of ether oxygens (including phenoxy) is 1. The molecule has 0 radical (unpaired) electrons. The molecule has 7 heteroatoms. The van der Waals surface area contributed by atoms with Gasteiger partial charge in [0, 0.05) is 6.54 Å². The molecule has 96 valence electrons. The first-order chi connectivity index (χ1) is 7.99. The predicted octanol–water partition coefficient (Wildman–Crippen LogP) is 0.0539. The summed E-state index contributed by atoms with van der Waals surface area (Å²) in [5.41, 5.74) is 5.86. The van der Waals surface area contributed by atoms with Gasteiger partial charge in [0.25, 0.3) is 10.2 Å². The van der Waals surface area contributed by atoms with E-state index >= 15 is 0 Å². The van der Waals surface area contributed by atoms with Crippen LogP contribution in [0, 0.1) is 0 Å². The SMILES string of the molecule is COc1ccc(N(CCCN)S(N)(=O)=O)cc1. The molecule has 1 rings (SSSR count). The van der Waals surface area contributed by atoms with Crippen molar-refractivity contribution < 1.29 is 13.2 Å². The van der Waals surface area contributed by atoms with Crippen molar-refractivity contribution in [3.05, 3.63) is 24.3 Å². The van der Waals surface area contributed by atoms with Crippen LogP contribution < -0.4 is 19.9 Å². The molecule has 0 heterocycles. The summed E-state index contributed by atoms with van der Waals surface area (Å²) in [5, 5.41) is 5.15. The second kappa shape index (κ2) is 5.85. The molecule has 4 N–H and O–H groups in total. The van der Waals surface area contributed by atoms with Crippen molar-refractivity contribution in [1.29, 1.82) is 0 Å². The van der Waals surface area contributed by atoms with E-state index in [0.717, 1.165) is 4.31 Å². The first kappa shape index (κ1) is 13.8. The van der Waals surface area contributed by atoms with Crippen molar-refractivity contribution in [2.24, 2.45) is 10.9 Å². The number of benzene rings is 1. The van der Waals surface area contributed by atoms with Gasteiger partial charge in [-0.25, -0.2) is 5.14 Å². The molecule has 0 aliphatic carbocycles. The van der Waals surface area contributed by atoms with E-state index in [9.17, 15) is 8.42 Å². The molecular weight excluding hydrogens is 242 g/mol. The standard InChI is InChI=1S/C10H17N3O3S/c1-16-10-5-3-9(4-6-10)13(8-2-7-11)17(12,14)15/h3-6H,2,7-8,11H2,1H3,(H2,12,14,15). The summed E-state index contributed by atoms with van der Waals surface area (Å²) in [7, 11) is -2.23. The topological polar surface area (TPSA) is 98.7 Å². The molecule has 1 aromatic rings. The van der Waals surface area contributed by atoms with Crippen molar-refractivity contribution >= 4 is 15.9 Å². The molecule has 0 atom stereocenters. The molecular formula is C10H17N3O3S. The second-order valence-corrected chi connectivity index (χ2v) is 4.93. The number of methoxy groups -OCH3 is 1. The highest BCUT2D eigenvalue weighted by molar-refractivity contribution is 7.90. The van der Waals surface area contributed by atoms with E-state index in [1.807, 2.05) is 0 Å². The van der Waals surface area contributed by atoms with Crippen molar-refractivity contribution in [1.82, 2.24) is 0 Å². The average Bonchev–Trinajstić information content (AvgIpc) is 2.29. The molecule has 0 aromatic heterocycles. The molecule has 0 fully saturated rings. The van der Waals surface area contributed by atoms with Gasteiger partial charge in [0.1, 0.15) is 5.75 Å². The zero-order valence-corrected chi connectivity index (χ0v) is 10.5. The van der Waals surface area contributed by atoms with Crippen LogP contribution in [0.1, 0.15) is 6.42 Å². The third kappa shape index (κ3) is 3.88. The van der Waals surface area contributed by atoms with E-state index < -0.39 is 10.2 Å². The van der Waals surface area contributed by atoms with E-state index in [-0.39, 0.29) is 6.54 Å². The lowest BCUT2D eigenvalue weighted by molar-refractivity contribution is 0.415. The van der Waals surface area contributed by atoms with Gasteiger partial charge in [0.2, 0.25) is 0 Å². The lowest BCUT2D eigenvalue weighted by Crippen LogP contribution is -2.38. The highest BCUT2D eigenvalue weighted by atomic mass is 32.2. The summed E-state index contributed by atoms with van der Waals surface area (Å²) in [5.74, 6) is 0.655. The molecule has 0 aliphatic heterocycles. The van der Waals surface area contributed by atoms with Crippen molar-refractivity contribution in [3.63, 3.8) is 0 Å². The normalized spacial score (nSPS) is 11.2. The summed E-state index contributed by atoms with van der Waals surface area (Å²) >= 11 is 0. The maximum atomic E-state index is 11.4. The summed E-state index contributed by atoms with van der Waals surface area (Å²) in [6, 6.07) is 6.63. The van der Waals surface area contributed by atoms with Crippen LogP contribution in [0.5, 0.6) is 5.75 Å². The summed E-state index contributed by atoms with van der Waals surface area (Å²) < 4.78 is 29.0. The molecule has 1 aromatic carbocycles. The van der Waals surface area contributed by atoms with E-state index in [1.165, 1.54) is 0 Å². The lowest BCUT2D eigenvalue weighted by atomic mass is 10.3. The number of nitrogens with two attached hydrogens (primary N) is 2. The van der Waals surface area contributed by atoms with Crippen molar-refractivity contribution in [3.8, 4) is 5.75 Å². The first-order valence-corrected chi connectivity index (χ1v) is 6.64. The smallest absolute Gasteiger partial charge is 0.298 e. The van der Waals surface area contributed by atoms with Crippen LogP contribution in [0.15, 0.2) is 24.3 Å². The van der Waals surface area contributed by atoms with Crippen LogP contribution in [0.2, 0.25) is 0 Å². The fraction of sp³-hybridized carbons (Fsp3) is 0.400. The quantitative estimate of drug-likeness (QED) is 0.754. The minimum absolute atomic E-state index is 0.266. The van der Waals surface area contributed by atoms with Crippen molar-refractivity contribution in [2.75, 3.05) is 24.5 Å². The Morgan fingerprint density at radius 1 is 1.29 bits per heavy atom. The number of anilines is 1. The third-order valence-corrected chi connectivity index (χ3v) is 3.24. The average molecular weight is 259 g/mol. The zero-order valence-electron chi connectivity index (χ0n) is 9.67. The molecule has 17 heavy (non-hydrogen) atoms. The van der Waals surface area contributed by atoms with Gasteiger partial charge < -0.3 is 10.5 Å². The molecule has 0 amide bonds. The minimum atomic E-state index is -3.77. The van der Waals surface area contributed by atoms with Gasteiger partial charge in [-0.1, -0.05) is 0 Å². The molecule has 0 saturated heterocycles. The first-order valence-electron chi connectivity index (χ1n) is 5.13. The van der Waals surface area contributed by atoms with Crippen LogP contribution >= 0.6 is 0 Å². The molecule has 0 aliphatic rings. The Balaban J connectivity index is 2.96. The maximum absolute atomic E-state index is 11.4. The van der Waals surface area contributed by atoms with Gasteiger partial charge in [-0.3, -0.25) is 4.31 Å². The fourth-order valence-electron chi connectivity index (χ4n) is 1.39. The van der Waals surface area contributed by atoms with E-state index in [0.29, 0.717) is 24.4 Å². The monoisotopic (exact) mass is 259 g/mol. The molecule has 0 bridgehead atoms. The van der Waals surface area contributed by atoms with Gasteiger partial charge in [-0.2, -0.15) is 8.42 Å². The second-order valence-electron chi connectivity index (χ2n) is 3.46. The van der Waals surface area contributed by atoms with E-state index in [1.54, 1.807) is 31.4 Å². The Morgan fingerprint density at radius 3 is 2.29 bits per heavy atom. The number of nitrogens with zero attached hydrogens (tertiary/aromatic N) is 1. The van der Waals surface area contributed by atoms with E-state index in [2.05, 4.69) is 0 Å². The van der Waals surface area contributed by atoms with Gasteiger partial charge in [-0.15, -0.1) is 0 Å². The van der Waals surface area contributed by atoms with Gasteiger partial charge >= 0.3 is 0 Å². The van der Waals surface area contributed by atoms with Gasteiger partial charge in [-0.05, 0) is 37.2 Å². The molecule has 0 spiro atoms. The Morgan fingerprint density at radius 2 is 1.88 bits per heavy atom. The van der Waals surface area contributed by atoms with E-state index in [4.69, 9.17) is 15.6 Å². The fourth-order valence-corrected chi connectivity index (χ4v) is 2.19. The van der Waals surface area contributed by atoms with Crippen LogP contribution in [-0.4, -0.2) is 28.6 Å². The third-order valence-electron chi connectivity index (χ3n) is 2.23. The molecule has 6 nitrogen and oxygen atoms in total. The number of hydrogen-bond acceptors (Lipinski definition) is 4.